The van der Waals surface area contributed by atoms with E-state index in [1.165, 1.54) is 10.6 Å². The van der Waals surface area contributed by atoms with Crippen molar-refractivity contribution in [1.29, 1.82) is 0 Å². The lowest BCUT2D eigenvalue weighted by molar-refractivity contribution is -0.144. The predicted octanol–water partition coefficient (Wildman–Crippen LogP) is 10.6. The van der Waals surface area contributed by atoms with Crippen LogP contribution < -0.4 is 8.85 Å². The molecular weight excluding hydrogens is 591 g/mol. The lowest BCUT2D eigenvalue weighted by Crippen LogP contribution is -2.44. The van der Waals surface area contributed by atoms with Crippen molar-refractivity contribution in [3.63, 3.8) is 0 Å². The van der Waals surface area contributed by atoms with E-state index in [2.05, 4.69) is 85.9 Å². The lowest BCUT2D eigenvalue weighted by atomic mass is 9.81. The SMILES string of the molecule is CC(C)(C)[Si](C)(C)Oc1ccc([C@H]2CC[C@H](N(O)Cc3ccccc3C(=O)c3ccccc3)CC2)c(O[Si](C)(C)C(C)(C)C)c1. The Morgan fingerprint density at radius 3 is 1.93 bits per heavy atom. The average molecular weight is 646 g/mol. The van der Waals surface area contributed by atoms with Crippen LogP contribution in [0.3, 0.4) is 0 Å². The molecule has 0 saturated heterocycles. The normalized spacial score (nSPS) is 18.1. The Bertz CT molecular complexity index is 1450. The zero-order valence-corrected chi connectivity index (χ0v) is 31.2. The molecule has 0 aromatic heterocycles. The molecule has 3 aromatic rings. The largest absolute Gasteiger partial charge is 0.543 e. The summed E-state index contributed by atoms with van der Waals surface area (Å²) in [7, 11) is -4.10. The van der Waals surface area contributed by atoms with Gasteiger partial charge in [-0.15, -0.1) is 0 Å². The van der Waals surface area contributed by atoms with Gasteiger partial charge in [-0.05, 0) is 85.1 Å². The standard InChI is InChI=1S/C38H55NO4Si2/c1-37(2,3)44(7,8)42-32-24-25-33(35(26-32)43-45(9,10)38(4,5)6)28-20-22-31(23-21-28)39(41)27-30-18-14-15-19-34(30)36(40)29-16-12-11-13-17-29/h11-19,24-26,28,31,41H,20-23,27H2,1-10H3/t28-,31-. The molecule has 4 rings (SSSR count). The van der Waals surface area contributed by atoms with Crippen LogP contribution in [0, 0.1) is 0 Å². The van der Waals surface area contributed by atoms with E-state index >= 15 is 0 Å². The number of carbonyl (C=O) groups is 1. The third kappa shape index (κ3) is 8.36. The smallest absolute Gasteiger partial charge is 0.250 e. The van der Waals surface area contributed by atoms with Crippen molar-refractivity contribution in [2.24, 2.45) is 0 Å². The molecule has 1 fully saturated rings. The van der Waals surface area contributed by atoms with Crippen LogP contribution >= 0.6 is 0 Å². The maximum Gasteiger partial charge on any atom is 0.250 e. The number of rotatable bonds is 10. The van der Waals surface area contributed by atoms with Crippen LogP contribution in [0.1, 0.15) is 100 Å². The van der Waals surface area contributed by atoms with Crippen molar-refractivity contribution in [2.45, 2.75) is 122 Å². The van der Waals surface area contributed by atoms with Crippen LogP contribution in [0.4, 0.5) is 0 Å². The fourth-order valence-electron chi connectivity index (χ4n) is 5.49. The van der Waals surface area contributed by atoms with E-state index < -0.39 is 16.6 Å². The summed E-state index contributed by atoms with van der Waals surface area (Å²) in [4.78, 5) is 13.3. The Kier molecular flexibility index (Phi) is 10.6. The number of hydrogen-bond acceptors (Lipinski definition) is 5. The predicted molar refractivity (Wildman–Crippen MR) is 191 cm³/mol. The Morgan fingerprint density at radius 2 is 1.33 bits per heavy atom. The molecule has 0 heterocycles. The van der Waals surface area contributed by atoms with E-state index in [1.807, 2.05) is 54.6 Å². The first-order valence-electron chi connectivity index (χ1n) is 16.5. The summed E-state index contributed by atoms with van der Waals surface area (Å²) < 4.78 is 13.7. The minimum absolute atomic E-state index is 0.0152. The molecule has 0 radical (unpaired) electrons. The quantitative estimate of drug-likeness (QED) is 0.135. The van der Waals surface area contributed by atoms with Crippen molar-refractivity contribution in [3.05, 3.63) is 95.1 Å². The van der Waals surface area contributed by atoms with E-state index in [-0.39, 0.29) is 21.9 Å². The minimum Gasteiger partial charge on any atom is -0.543 e. The number of hydroxylamine groups is 2. The number of carbonyl (C=O) groups excluding carboxylic acids is 1. The summed E-state index contributed by atoms with van der Waals surface area (Å²) in [6.45, 7) is 23.1. The first kappa shape index (κ1) is 35.1. The first-order valence-corrected chi connectivity index (χ1v) is 22.4. The molecule has 0 aliphatic heterocycles. The van der Waals surface area contributed by atoms with Crippen molar-refractivity contribution >= 4 is 22.4 Å². The maximum atomic E-state index is 13.3. The molecule has 5 nitrogen and oxygen atoms in total. The van der Waals surface area contributed by atoms with Gasteiger partial charge in [0.1, 0.15) is 11.5 Å². The number of hydrogen-bond donors (Lipinski definition) is 1. The highest BCUT2D eigenvalue weighted by Crippen LogP contribution is 2.45. The van der Waals surface area contributed by atoms with Gasteiger partial charge in [-0.1, -0.05) is 102 Å². The zero-order valence-electron chi connectivity index (χ0n) is 29.2. The number of benzene rings is 3. The topological polar surface area (TPSA) is 59.0 Å². The molecule has 45 heavy (non-hydrogen) atoms. The van der Waals surface area contributed by atoms with Crippen LogP contribution in [0.25, 0.3) is 0 Å². The summed E-state index contributed by atoms with van der Waals surface area (Å²) >= 11 is 0. The second-order valence-corrected chi connectivity index (χ2v) is 25.3. The van der Waals surface area contributed by atoms with Crippen LogP contribution in [-0.4, -0.2) is 38.7 Å². The number of nitrogens with zero attached hydrogens (tertiary/aromatic N) is 1. The van der Waals surface area contributed by atoms with Gasteiger partial charge in [0.2, 0.25) is 16.6 Å². The second-order valence-electron chi connectivity index (χ2n) is 15.9. The Hall–Kier alpha value is -2.72. The molecular formula is C38H55NO4Si2. The molecule has 3 aromatic carbocycles. The molecule has 0 amide bonds. The van der Waals surface area contributed by atoms with Crippen LogP contribution in [-0.2, 0) is 6.54 Å². The van der Waals surface area contributed by atoms with E-state index in [4.69, 9.17) is 8.85 Å². The fraction of sp³-hybridized carbons (Fsp3) is 0.500. The van der Waals surface area contributed by atoms with Gasteiger partial charge in [-0.2, -0.15) is 5.06 Å². The summed E-state index contributed by atoms with van der Waals surface area (Å²) in [6.07, 6.45) is 3.67. The summed E-state index contributed by atoms with van der Waals surface area (Å²) in [5.41, 5.74) is 3.40. The van der Waals surface area contributed by atoms with E-state index in [9.17, 15) is 10.0 Å². The van der Waals surface area contributed by atoms with Crippen molar-refractivity contribution in [2.75, 3.05) is 0 Å². The second kappa shape index (κ2) is 13.6. The zero-order chi connectivity index (χ0) is 33.2. The Balaban J connectivity index is 1.51. The molecule has 1 aliphatic rings. The highest BCUT2D eigenvalue weighted by Gasteiger charge is 2.41. The summed E-state index contributed by atoms with van der Waals surface area (Å²) in [5, 5.41) is 12.9. The van der Waals surface area contributed by atoms with Crippen LogP contribution in [0.5, 0.6) is 11.5 Å². The molecule has 1 aliphatic carbocycles. The van der Waals surface area contributed by atoms with E-state index in [0.29, 0.717) is 23.6 Å². The minimum atomic E-state index is -2.09. The molecule has 0 spiro atoms. The molecule has 1 saturated carbocycles. The third-order valence-corrected chi connectivity index (χ3v) is 19.2. The number of ketones is 1. The van der Waals surface area contributed by atoms with Crippen molar-refractivity contribution < 1.29 is 18.9 Å². The molecule has 7 heteroatoms. The van der Waals surface area contributed by atoms with Crippen LogP contribution in [0.15, 0.2) is 72.8 Å². The fourth-order valence-corrected chi connectivity index (χ4v) is 7.55. The van der Waals surface area contributed by atoms with E-state index in [0.717, 1.165) is 42.7 Å². The molecule has 244 valence electrons. The van der Waals surface area contributed by atoms with Gasteiger partial charge in [-0.25, -0.2) is 0 Å². The van der Waals surface area contributed by atoms with Gasteiger partial charge in [0.25, 0.3) is 0 Å². The molecule has 1 N–H and O–H groups in total. The average Bonchev–Trinajstić information content (AvgIpc) is 2.96. The summed E-state index contributed by atoms with van der Waals surface area (Å²) in [6, 6.07) is 23.5. The third-order valence-electron chi connectivity index (χ3n) is 10.5. The monoisotopic (exact) mass is 645 g/mol. The van der Waals surface area contributed by atoms with Gasteiger partial charge in [-0.3, -0.25) is 4.79 Å². The Labute approximate surface area is 274 Å². The van der Waals surface area contributed by atoms with Gasteiger partial charge >= 0.3 is 0 Å². The maximum absolute atomic E-state index is 13.3. The molecule has 0 atom stereocenters. The van der Waals surface area contributed by atoms with Gasteiger partial charge in [0.05, 0.1) is 0 Å². The lowest BCUT2D eigenvalue weighted by Gasteiger charge is -2.39. The molecule has 0 unspecified atom stereocenters. The van der Waals surface area contributed by atoms with Crippen molar-refractivity contribution in [1.82, 2.24) is 5.06 Å². The van der Waals surface area contributed by atoms with Crippen LogP contribution in [0.2, 0.25) is 36.3 Å². The first-order chi connectivity index (χ1) is 20.9. The summed E-state index contributed by atoms with van der Waals surface area (Å²) in [5.74, 6) is 2.20. The van der Waals surface area contributed by atoms with Crippen molar-refractivity contribution in [3.8, 4) is 11.5 Å². The van der Waals surface area contributed by atoms with Gasteiger partial charge in [0, 0.05) is 29.8 Å². The molecule has 0 bridgehead atoms. The van der Waals surface area contributed by atoms with Gasteiger partial charge in [0.15, 0.2) is 5.78 Å². The Morgan fingerprint density at radius 1 is 0.778 bits per heavy atom. The highest BCUT2D eigenvalue weighted by atomic mass is 28.4. The highest BCUT2D eigenvalue weighted by molar-refractivity contribution is 6.75. The van der Waals surface area contributed by atoms with E-state index in [1.54, 1.807) is 0 Å². The van der Waals surface area contributed by atoms with Gasteiger partial charge < -0.3 is 14.1 Å².